The first-order valence-electron chi connectivity index (χ1n) is 30.2. The number of nitrogens with two attached hydrogens (primary N) is 5. The summed E-state index contributed by atoms with van der Waals surface area (Å²) in [5, 5.41) is 0. The van der Waals surface area contributed by atoms with Crippen molar-refractivity contribution in [3.63, 3.8) is 0 Å². The molecule has 5 aliphatic rings. The maximum atomic E-state index is 6.16. The van der Waals surface area contributed by atoms with E-state index in [1.54, 1.807) is 5.56 Å². The predicted octanol–water partition coefficient (Wildman–Crippen LogP) is 19.6. The van der Waals surface area contributed by atoms with Crippen LogP contribution in [-0.2, 0) is 0 Å². The van der Waals surface area contributed by atoms with Crippen LogP contribution in [0, 0.1) is 76.2 Å². The van der Waals surface area contributed by atoms with Crippen LogP contribution in [-0.4, -0.2) is 0 Å². The van der Waals surface area contributed by atoms with Gasteiger partial charge in [0.2, 0.25) is 0 Å². The molecule has 5 saturated carbocycles. The van der Waals surface area contributed by atoms with E-state index >= 15 is 0 Å². The fourth-order valence-electron chi connectivity index (χ4n) is 14.2. The van der Waals surface area contributed by atoms with E-state index in [2.05, 4.69) is 125 Å². The van der Waals surface area contributed by atoms with Crippen molar-refractivity contribution in [2.75, 3.05) is 28.7 Å². The van der Waals surface area contributed by atoms with Crippen LogP contribution in [0.2, 0.25) is 0 Å². The molecule has 5 nitrogen and oxygen atoms in total. The van der Waals surface area contributed by atoms with Crippen LogP contribution in [0.4, 0.5) is 28.4 Å². The summed E-state index contributed by atoms with van der Waals surface area (Å²) in [6, 6.07) is 19.8. The van der Waals surface area contributed by atoms with Gasteiger partial charge in [0.1, 0.15) is 0 Å². The summed E-state index contributed by atoms with van der Waals surface area (Å²) in [5.74, 6) is 3.83. The van der Waals surface area contributed by atoms with Crippen molar-refractivity contribution in [2.45, 2.75) is 260 Å². The molecule has 10 rings (SSSR count). The summed E-state index contributed by atoms with van der Waals surface area (Å²) in [4.78, 5) is 0. The maximum absolute atomic E-state index is 6.16. The van der Waals surface area contributed by atoms with Gasteiger partial charge in [-0.3, -0.25) is 0 Å². The Morgan fingerprint density at radius 1 is 0.253 bits per heavy atom. The molecule has 410 valence electrons. The lowest BCUT2D eigenvalue weighted by atomic mass is 9.79. The van der Waals surface area contributed by atoms with Crippen molar-refractivity contribution < 1.29 is 0 Å². The first-order chi connectivity index (χ1) is 35.9. The number of aryl methyl sites for hydroxylation is 8. The lowest BCUT2D eigenvalue weighted by Crippen LogP contribution is -2.10. The third-order valence-corrected chi connectivity index (χ3v) is 18.9. The molecule has 75 heavy (non-hydrogen) atoms. The van der Waals surface area contributed by atoms with E-state index < -0.39 is 0 Å². The summed E-state index contributed by atoms with van der Waals surface area (Å²) in [6.07, 6.45) is 33.0. The average molecular weight is 1020 g/mol. The van der Waals surface area contributed by atoms with Crippen molar-refractivity contribution in [1.29, 1.82) is 0 Å². The van der Waals surface area contributed by atoms with Crippen LogP contribution in [0.25, 0.3) is 0 Å². The van der Waals surface area contributed by atoms with Crippen molar-refractivity contribution in [1.82, 2.24) is 0 Å². The molecule has 5 aromatic carbocycles. The van der Waals surface area contributed by atoms with Crippen LogP contribution in [0.5, 0.6) is 0 Å². The van der Waals surface area contributed by atoms with Gasteiger partial charge in [-0.05, 0) is 277 Å². The molecule has 0 spiro atoms. The second-order valence-corrected chi connectivity index (χ2v) is 24.4. The lowest BCUT2D eigenvalue weighted by molar-refractivity contribution is 0.441. The molecule has 0 atom stereocenters. The number of benzene rings is 5. The molecule has 10 N–H and O–H groups in total. The normalized spacial score (nSPS) is 17.9. The molecule has 0 aromatic heterocycles. The zero-order valence-corrected chi connectivity index (χ0v) is 49.4. The molecule has 0 amide bonds. The highest BCUT2D eigenvalue weighted by molar-refractivity contribution is 5.60. The molecule has 0 unspecified atom stereocenters. The highest BCUT2D eigenvalue weighted by Crippen LogP contribution is 2.42. The zero-order chi connectivity index (χ0) is 54.3. The Bertz CT molecular complexity index is 2590. The molecular weight excluding hydrogens is 911 g/mol. The largest absolute Gasteiger partial charge is 0.399 e. The van der Waals surface area contributed by atoms with E-state index in [1.165, 1.54) is 238 Å². The van der Waals surface area contributed by atoms with Crippen molar-refractivity contribution >= 4 is 28.4 Å². The van der Waals surface area contributed by atoms with Crippen LogP contribution in [0.3, 0.4) is 0 Å². The van der Waals surface area contributed by atoms with E-state index in [9.17, 15) is 0 Å². The first kappa shape index (κ1) is 59.3. The number of rotatable bonds is 5. The number of hydrogen-bond acceptors (Lipinski definition) is 5. The third-order valence-electron chi connectivity index (χ3n) is 18.9. The van der Waals surface area contributed by atoms with E-state index in [1.807, 2.05) is 6.07 Å². The smallest absolute Gasteiger partial charge is 0.0376 e. The summed E-state index contributed by atoms with van der Waals surface area (Å²) in [7, 11) is 0. The van der Waals surface area contributed by atoms with Gasteiger partial charge in [-0.2, -0.15) is 0 Å². The standard InChI is InChI=1S/C15H23N.3C14H21N.C13H19N/c1-10-9-11(2)15(16)12(3)14(10)13-7-5-4-6-8-13;1-10-8-11(2)14(15)9-13(10)12-6-4-3-5-7-12;1-10-8-9-13(15)11(2)14(10)12-6-4-3-5-7-12;1-10-8-9-13(11(2)14(10)15)12-6-4-3-5-7-12;1-9-7-10(2)13(14)8-12(9)11-5-3-4-6-11/h9,13H,4-8,16H2,1-3H3;3*8-9,12H,3-7,15H2,1-2H3;7-8,11H,3-6,14H2,1-2H3. The van der Waals surface area contributed by atoms with E-state index in [-0.39, 0.29) is 0 Å². The minimum absolute atomic E-state index is 0.761. The van der Waals surface area contributed by atoms with Gasteiger partial charge in [0.25, 0.3) is 0 Å². The summed E-state index contributed by atoms with van der Waals surface area (Å²) in [6.45, 7) is 23.8. The van der Waals surface area contributed by atoms with Crippen LogP contribution < -0.4 is 28.7 Å². The molecule has 5 aromatic rings. The van der Waals surface area contributed by atoms with Gasteiger partial charge in [-0.25, -0.2) is 0 Å². The van der Waals surface area contributed by atoms with Gasteiger partial charge in [0.05, 0.1) is 0 Å². The minimum Gasteiger partial charge on any atom is -0.399 e. The van der Waals surface area contributed by atoms with Crippen LogP contribution in [0.15, 0.2) is 54.6 Å². The molecule has 0 heterocycles. The molecule has 0 saturated heterocycles. The predicted molar refractivity (Wildman–Crippen MR) is 331 cm³/mol. The molecule has 0 bridgehead atoms. The summed E-state index contributed by atoms with van der Waals surface area (Å²) >= 11 is 0. The highest BCUT2D eigenvalue weighted by atomic mass is 14.6. The van der Waals surface area contributed by atoms with Crippen LogP contribution in [0.1, 0.15) is 273 Å². The molecule has 5 fully saturated rings. The zero-order valence-electron chi connectivity index (χ0n) is 49.4. The third kappa shape index (κ3) is 15.9. The van der Waals surface area contributed by atoms with Gasteiger partial charge in [0.15, 0.2) is 0 Å². The Balaban J connectivity index is 0.000000152. The molecule has 5 heteroatoms. The maximum Gasteiger partial charge on any atom is 0.0376 e. The monoisotopic (exact) mass is 1020 g/mol. The van der Waals surface area contributed by atoms with Crippen molar-refractivity contribution in [3.8, 4) is 0 Å². The number of nitrogen functional groups attached to an aromatic ring is 5. The van der Waals surface area contributed by atoms with Crippen molar-refractivity contribution in [3.05, 3.63) is 144 Å². The Morgan fingerprint density at radius 2 is 0.587 bits per heavy atom. The first-order valence-corrected chi connectivity index (χ1v) is 30.2. The minimum atomic E-state index is 0.761. The quantitative estimate of drug-likeness (QED) is 0.112. The van der Waals surface area contributed by atoms with E-state index in [4.69, 9.17) is 28.7 Å². The van der Waals surface area contributed by atoms with Crippen molar-refractivity contribution in [2.24, 2.45) is 0 Å². The second-order valence-electron chi connectivity index (χ2n) is 24.4. The Labute approximate surface area is 458 Å². The fourth-order valence-corrected chi connectivity index (χ4v) is 14.2. The van der Waals surface area contributed by atoms with Crippen LogP contribution >= 0.6 is 0 Å². The molecule has 0 radical (unpaired) electrons. The highest BCUT2D eigenvalue weighted by Gasteiger charge is 2.24. The van der Waals surface area contributed by atoms with Gasteiger partial charge in [-0.1, -0.05) is 126 Å². The molecule has 5 aliphatic carbocycles. The SMILES string of the molecule is Cc1cc(C)c(C2CCCC2)cc1N.Cc1cc(C)c(C2CCCCC2)c(C)c1N.Cc1cc(C)c(C2CCCCC2)cc1N.Cc1ccc(C2CCCCC2)c(C)c1N.Cc1ccc(N)c(C)c1C1CCCCC1. The average Bonchev–Trinajstić information content (AvgIpc) is 3.96. The lowest BCUT2D eigenvalue weighted by Gasteiger charge is -2.26. The van der Waals surface area contributed by atoms with E-state index in [0.29, 0.717) is 0 Å². The van der Waals surface area contributed by atoms with Gasteiger partial charge >= 0.3 is 0 Å². The topological polar surface area (TPSA) is 130 Å². The second kappa shape index (κ2) is 28.5. The number of anilines is 5. The van der Waals surface area contributed by atoms with Gasteiger partial charge < -0.3 is 28.7 Å². The molecular formula is C70H105N5. The van der Waals surface area contributed by atoms with Gasteiger partial charge in [0, 0.05) is 28.4 Å². The fraction of sp³-hybridized carbons (Fsp3) is 0.571. The Hall–Kier alpha value is -4.90. The summed E-state index contributed by atoms with van der Waals surface area (Å²) in [5.41, 5.74) is 57.2. The molecule has 0 aliphatic heterocycles. The van der Waals surface area contributed by atoms with Gasteiger partial charge in [-0.15, -0.1) is 0 Å². The number of hydrogen-bond donors (Lipinski definition) is 5. The summed E-state index contributed by atoms with van der Waals surface area (Å²) < 4.78 is 0. The Kier molecular flexibility index (Phi) is 22.5. The van der Waals surface area contributed by atoms with E-state index in [0.717, 1.165) is 58.0 Å². The Morgan fingerprint density at radius 3 is 1.01 bits per heavy atom.